The van der Waals surface area contributed by atoms with E-state index in [1.807, 2.05) is 4.90 Å². The number of rotatable bonds is 5. The molecule has 3 rings (SSSR count). The van der Waals surface area contributed by atoms with Gasteiger partial charge >= 0.3 is 0 Å². The summed E-state index contributed by atoms with van der Waals surface area (Å²) in [5.41, 5.74) is 6.00. The zero-order chi connectivity index (χ0) is 16.1. The summed E-state index contributed by atoms with van der Waals surface area (Å²) in [6.07, 6.45) is 5.93. The maximum Gasteiger partial charge on any atom is 0.241 e. The molecule has 1 aromatic heterocycles. The smallest absolute Gasteiger partial charge is 0.241 e. The van der Waals surface area contributed by atoms with Gasteiger partial charge in [0, 0.05) is 45.1 Å². The minimum absolute atomic E-state index is 0.0591. The molecule has 124 valence electrons. The van der Waals surface area contributed by atoms with E-state index in [0.717, 1.165) is 38.7 Å². The molecule has 1 saturated heterocycles. The zero-order valence-corrected chi connectivity index (χ0v) is 13.2. The molecular weight excluding hydrogens is 294 g/mol. The number of anilines is 1. The minimum Gasteiger partial charge on any atom is -0.370 e. The topological polar surface area (TPSA) is 99.7 Å². The predicted octanol–water partition coefficient (Wildman–Crippen LogP) is -0.560. The predicted molar refractivity (Wildman–Crippen MR) is 88.0 cm³/mol. The summed E-state index contributed by atoms with van der Waals surface area (Å²) < 4.78 is 0. The van der Waals surface area contributed by atoms with Gasteiger partial charge in [-0.3, -0.25) is 4.79 Å². The summed E-state index contributed by atoms with van der Waals surface area (Å²) in [6, 6.07) is 1.80. The molecule has 1 aliphatic heterocycles. The summed E-state index contributed by atoms with van der Waals surface area (Å²) in [4.78, 5) is 28.5. The summed E-state index contributed by atoms with van der Waals surface area (Å²) in [6.45, 7) is 3.93. The summed E-state index contributed by atoms with van der Waals surface area (Å²) in [7, 11) is 0. The Bertz CT molecular complexity index is 550. The molecule has 1 aliphatic carbocycles. The Labute approximate surface area is 135 Å². The highest BCUT2D eigenvalue weighted by molar-refractivity contribution is 5.84. The number of aromatic nitrogens is 2. The Balaban J connectivity index is 1.42. The first kappa shape index (κ1) is 15.5. The van der Waals surface area contributed by atoms with Crippen LogP contribution >= 0.6 is 0 Å². The van der Waals surface area contributed by atoms with Gasteiger partial charge in [0.25, 0.3) is 0 Å². The third-order valence-electron chi connectivity index (χ3n) is 4.11. The van der Waals surface area contributed by atoms with Crippen LogP contribution < -0.4 is 16.0 Å². The number of hydrogen-bond donors (Lipinski definition) is 2. The van der Waals surface area contributed by atoms with Crippen molar-refractivity contribution in [2.24, 2.45) is 16.6 Å². The number of hydrogen-bond acceptors (Lipinski definition) is 5. The van der Waals surface area contributed by atoms with Crippen molar-refractivity contribution in [3.8, 4) is 0 Å². The van der Waals surface area contributed by atoms with Crippen molar-refractivity contribution in [3.63, 3.8) is 0 Å². The van der Waals surface area contributed by atoms with Crippen LogP contribution in [0.15, 0.2) is 23.5 Å². The monoisotopic (exact) mass is 317 g/mol. The number of carbonyl (C=O) groups is 1. The van der Waals surface area contributed by atoms with Crippen molar-refractivity contribution in [2.45, 2.75) is 12.8 Å². The van der Waals surface area contributed by atoms with Crippen LogP contribution in [0.1, 0.15) is 12.8 Å². The van der Waals surface area contributed by atoms with Gasteiger partial charge in [0.15, 0.2) is 5.96 Å². The van der Waals surface area contributed by atoms with Crippen LogP contribution in [0.4, 0.5) is 5.95 Å². The van der Waals surface area contributed by atoms with Crippen LogP contribution in [0.5, 0.6) is 0 Å². The fourth-order valence-electron chi connectivity index (χ4n) is 2.48. The van der Waals surface area contributed by atoms with Crippen LogP contribution in [-0.4, -0.2) is 66.0 Å². The second kappa shape index (κ2) is 7.26. The zero-order valence-electron chi connectivity index (χ0n) is 13.2. The molecule has 0 atom stereocenters. The Morgan fingerprint density at radius 2 is 1.96 bits per heavy atom. The van der Waals surface area contributed by atoms with Crippen molar-refractivity contribution in [1.82, 2.24) is 20.2 Å². The van der Waals surface area contributed by atoms with Crippen molar-refractivity contribution >= 4 is 17.8 Å². The minimum atomic E-state index is -0.0591. The van der Waals surface area contributed by atoms with Gasteiger partial charge in [0.2, 0.25) is 11.9 Å². The number of piperazine rings is 1. The van der Waals surface area contributed by atoms with Gasteiger partial charge in [-0.1, -0.05) is 0 Å². The van der Waals surface area contributed by atoms with E-state index in [1.165, 1.54) is 12.8 Å². The number of nitrogens with two attached hydrogens (primary N) is 1. The van der Waals surface area contributed by atoms with E-state index in [2.05, 4.69) is 25.2 Å². The normalized spacial score (nSPS) is 18.9. The van der Waals surface area contributed by atoms with E-state index in [-0.39, 0.29) is 12.5 Å². The molecule has 2 heterocycles. The fraction of sp³-hybridized carbons (Fsp3) is 0.600. The molecule has 23 heavy (non-hydrogen) atoms. The lowest BCUT2D eigenvalue weighted by Crippen LogP contribution is -2.51. The second-order valence-corrected chi connectivity index (χ2v) is 5.94. The lowest BCUT2D eigenvalue weighted by Gasteiger charge is -2.35. The maximum atomic E-state index is 11.7. The molecule has 0 unspecified atom stereocenters. The van der Waals surface area contributed by atoms with Gasteiger partial charge in [-0.05, 0) is 24.8 Å². The van der Waals surface area contributed by atoms with Crippen molar-refractivity contribution < 1.29 is 4.79 Å². The van der Waals surface area contributed by atoms with Gasteiger partial charge in [0.1, 0.15) is 6.54 Å². The van der Waals surface area contributed by atoms with E-state index < -0.39 is 0 Å². The lowest BCUT2D eigenvalue weighted by molar-refractivity contribution is -0.119. The largest absolute Gasteiger partial charge is 0.370 e. The third-order valence-corrected chi connectivity index (χ3v) is 4.11. The Morgan fingerprint density at radius 3 is 2.61 bits per heavy atom. The highest BCUT2D eigenvalue weighted by Crippen LogP contribution is 2.27. The van der Waals surface area contributed by atoms with E-state index in [1.54, 1.807) is 18.5 Å². The van der Waals surface area contributed by atoms with Crippen LogP contribution in [-0.2, 0) is 4.79 Å². The Morgan fingerprint density at radius 1 is 1.26 bits per heavy atom. The lowest BCUT2D eigenvalue weighted by atomic mass is 10.3. The number of nitrogens with one attached hydrogen (secondary N) is 1. The molecule has 0 aromatic carbocycles. The van der Waals surface area contributed by atoms with Crippen molar-refractivity contribution in [1.29, 1.82) is 0 Å². The van der Waals surface area contributed by atoms with E-state index in [9.17, 15) is 4.79 Å². The first-order valence-corrected chi connectivity index (χ1v) is 8.06. The number of aliphatic imine (C=N–C) groups is 1. The SMILES string of the molecule is NC(=NCC(=O)NCC1CC1)N1CCN(c2ncccn2)CC1. The summed E-state index contributed by atoms with van der Waals surface area (Å²) in [5, 5.41) is 2.89. The van der Waals surface area contributed by atoms with Crippen LogP contribution in [0.25, 0.3) is 0 Å². The number of guanidine groups is 1. The molecule has 8 nitrogen and oxygen atoms in total. The molecular formula is C15H23N7O. The van der Waals surface area contributed by atoms with Crippen LogP contribution in [0.3, 0.4) is 0 Å². The fourth-order valence-corrected chi connectivity index (χ4v) is 2.48. The Hall–Kier alpha value is -2.38. The van der Waals surface area contributed by atoms with Gasteiger partial charge in [-0.25, -0.2) is 15.0 Å². The molecule has 3 N–H and O–H groups in total. The Kier molecular flexibility index (Phi) is 4.89. The highest BCUT2D eigenvalue weighted by atomic mass is 16.1. The molecule has 1 aromatic rings. The molecule has 2 aliphatic rings. The van der Waals surface area contributed by atoms with E-state index in [0.29, 0.717) is 11.9 Å². The van der Waals surface area contributed by atoms with Gasteiger partial charge in [-0.15, -0.1) is 0 Å². The quantitative estimate of drug-likeness (QED) is 0.558. The maximum absolute atomic E-state index is 11.7. The molecule has 0 bridgehead atoms. The van der Waals surface area contributed by atoms with Gasteiger partial charge in [0.05, 0.1) is 0 Å². The van der Waals surface area contributed by atoms with Gasteiger partial charge in [-0.2, -0.15) is 0 Å². The molecule has 8 heteroatoms. The summed E-state index contributed by atoms with van der Waals surface area (Å²) >= 11 is 0. The average molecular weight is 317 g/mol. The number of amides is 1. The second-order valence-electron chi connectivity index (χ2n) is 5.94. The van der Waals surface area contributed by atoms with Crippen LogP contribution in [0, 0.1) is 5.92 Å². The first-order chi connectivity index (χ1) is 11.2. The van der Waals surface area contributed by atoms with E-state index in [4.69, 9.17) is 5.73 Å². The van der Waals surface area contributed by atoms with Crippen LogP contribution in [0.2, 0.25) is 0 Å². The average Bonchev–Trinajstić information content (AvgIpc) is 3.43. The summed E-state index contributed by atoms with van der Waals surface area (Å²) in [5.74, 6) is 1.78. The molecule has 1 amide bonds. The van der Waals surface area contributed by atoms with Crippen molar-refractivity contribution in [2.75, 3.05) is 44.2 Å². The van der Waals surface area contributed by atoms with Crippen molar-refractivity contribution in [3.05, 3.63) is 18.5 Å². The molecule has 0 radical (unpaired) electrons. The number of nitrogens with zero attached hydrogens (tertiary/aromatic N) is 5. The standard InChI is InChI=1S/C15H23N7O/c16-14(20-11-13(23)19-10-12-2-3-12)21-6-8-22(9-7-21)15-17-4-1-5-18-15/h1,4-5,12H,2-3,6-11H2,(H2,16,20)(H,19,23). The molecule has 2 fully saturated rings. The molecule has 0 spiro atoms. The molecule has 1 saturated carbocycles. The van der Waals surface area contributed by atoms with E-state index >= 15 is 0 Å². The number of carbonyl (C=O) groups excluding carboxylic acids is 1. The van der Waals surface area contributed by atoms with Gasteiger partial charge < -0.3 is 20.9 Å². The third kappa shape index (κ3) is 4.54. The first-order valence-electron chi connectivity index (χ1n) is 8.06. The highest BCUT2D eigenvalue weighted by Gasteiger charge is 2.22.